The van der Waals surface area contributed by atoms with Gasteiger partial charge in [0.2, 0.25) is 11.8 Å². The number of benzene rings is 2. The normalized spacial score (nSPS) is 23.0. The van der Waals surface area contributed by atoms with E-state index in [0.29, 0.717) is 23.7 Å². The zero-order valence-corrected chi connectivity index (χ0v) is 24.4. The van der Waals surface area contributed by atoms with Gasteiger partial charge in [-0.15, -0.1) is 0 Å². The van der Waals surface area contributed by atoms with Crippen LogP contribution < -0.4 is 0 Å². The van der Waals surface area contributed by atoms with Gasteiger partial charge in [-0.25, -0.2) is 8.78 Å². The summed E-state index contributed by atoms with van der Waals surface area (Å²) in [4.78, 5) is 37.2. The fourth-order valence-electron chi connectivity index (χ4n) is 6.05. The molecule has 2 aliphatic carbocycles. The first-order chi connectivity index (χ1) is 21.4. The molecule has 2 saturated heterocycles. The van der Waals surface area contributed by atoms with Crippen molar-refractivity contribution in [2.24, 2.45) is 11.8 Å². The summed E-state index contributed by atoms with van der Waals surface area (Å²) in [5.41, 5.74) is 5.72. The lowest BCUT2D eigenvalue weighted by Gasteiger charge is -2.31. The summed E-state index contributed by atoms with van der Waals surface area (Å²) >= 11 is 0. The fourth-order valence-corrected chi connectivity index (χ4v) is 6.05. The second-order valence-corrected chi connectivity index (χ2v) is 12.2. The van der Waals surface area contributed by atoms with Crippen LogP contribution in [0.2, 0.25) is 0 Å². The zero-order chi connectivity index (χ0) is 30.2. The number of hydrogen-bond donors (Lipinski definition) is 0. The Kier molecular flexibility index (Phi) is 7.66. The van der Waals surface area contributed by atoms with Gasteiger partial charge in [0.1, 0.15) is 11.6 Å². The molecule has 4 aliphatic rings. The van der Waals surface area contributed by atoms with E-state index in [1.807, 2.05) is 46.5 Å². The number of nitrogens with zero attached hydrogens (tertiary/aromatic N) is 4. The summed E-state index contributed by atoms with van der Waals surface area (Å²) in [6.07, 6.45) is 7.85. The molecule has 0 unspecified atom stereocenters. The molecule has 0 radical (unpaired) electrons. The van der Waals surface area contributed by atoms with E-state index in [4.69, 9.17) is 0 Å². The first-order valence-electron chi connectivity index (χ1n) is 15.5. The topological polar surface area (TPSA) is 66.4 Å². The molecule has 224 valence electrons. The Labute approximate surface area is 255 Å². The Balaban J connectivity index is 0.000000142. The molecule has 8 heteroatoms. The largest absolute Gasteiger partial charge is 0.342 e. The number of hydrogen-bond acceptors (Lipinski definition) is 4. The van der Waals surface area contributed by atoms with Crippen LogP contribution >= 0.6 is 0 Å². The van der Waals surface area contributed by atoms with Crippen molar-refractivity contribution in [1.82, 2.24) is 19.8 Å². The second kappa shape index (κ2) is 11.9. The summed E-state index contributed by atoms with van der Waals surface area (Å²) in [5, 5.41) is 0. The van der Waals surface area contributed by atoms with Crippen molar-refractivity contribution >= 4 is 11.8 Å². The van der Waals surface area contributed by atoms with E-state index in [1.165, 1.54) is 24.3 Å². The van der Waals surface area contributed by atoms with E-state index in [1.54, 1.807) is 24.3 Å². The number of amides is 2. The molecule has 6 nitrogen and oxygen atoms in total. The van der Waals surface area contributed by atoms with Crippen LogP contribution in [-0.4, -0.2) is 57.8 Å². The van der Waals surface area contributed by atoms with Gasteiger partial charge in [-0.05, 0) is 109 Å². The Bertz CT molecular complexity index is 1510. The maximum atomic E-state index is 12.9. The number of halogens is 2. The molecule has 0 spiro atoms. The third-order valence-corrected chi connectivity index (χ3v) is 9.26. The van der Waals surface area contributed by atoms with Gasteiger partial charge >= 0.3 is 0 Å². The number of aromatic nitrogens is 2. The first-order valence-corrected chi connectivity index (χ1v) is 15.5. The maximum absolute atomic E-state index is 12.9. The van der Waals surface area contributed by atoms with E-state index in [9.17, 15) is 18.4 Å². The van der Waals surface area contributed by atoms with E-state index in [0.717, 1.165) is 85.5 Å². The summed E-state index contributed by atoms with van der Waals surface area (Å²) in [5.74, 6) is 1.07. The standard InChI is InChI=1S/2C18H17FN2O/c2*19-14-5-2-12(3-6-14)17-7-4-13(11-20-17)15-10-16(15)18(22)21-8-1-9-21/h2*2-7,11,15-16H,1,8-10H2/t2*15-,16+/m10/s1. The molecular formula is C36H34F2N4O2. The third-order valence-electron chi connectivity index (χ3n) is 9.26. The minimum absolute atomic E-state index is 0.152. The van der Waals surface area contributed by atoms with Crippen molar-refractivity contribution in [3.63, 3.8) is 0 Å². The van der Waals surface area contributed by atoms with E-state index < -0.39 is 0 Å². The number of likely N-dealkylation sites (tertiary alicyclic amines) is 2. The molecule has 2 saturated carbocycles. The lowest BCUT2D eigenvalue weighted by Crippen LogP contribution is -2.43. The second-order valence-electron chi connectivity index (χ2n) is 12.2. The number of rotatable bonds is 6. The van der Waals surface area contributed by atoms with Gasteiger partial charge in [-0.2, -0.15) is 0 Å². The van der Waals surface area contributed by atoms with Crippen molar-refractivity contribution in [3.8, 4) is 22.5 Å². The Hall–Kier alpha value is -4.46. The quantitative estimate of drug-likeness (QED) is 0.258. The first kappa shape index (κ1) is 28.3. The average molecular weight is 593 g/mol. The van der Waals surface area contributed by atoms with Gasteiger partial charge in [-0.3, -0.25) is 19.6 Å². The third kappa shape index (κ3) is 5.98. The molecule has 4 heterocycles. The average Bonchev–Trinajstić information content (AvgIpc) is 3.91. The van der Waals surface area contributed by atoms with Crippen LogP contribution in [0.1, 0.15) is 48.6 Å². The van der Waals surface area contributed by atoms with Crippen molar-refractivity contribution in [2.45, 2.75) is 37.5 Å². The summed E-state index contributed by atoms with van der Waals surface area (Å²) in [6.45, 7) is 3.68. The molecule has 2 amide bonds. The van der Waals surface area contributed by atoms with E-state index >= 15 is 0 Å². The summed E-state index contributed by atoms with van der Waals surface area (Å²) in [7, 11) is 0. The minimum atomic E-state index is -0.245. The molecule has 4 aromatic rings. The SMILES string of the molecule is O=C([C@@H]1C[C@H]1c1ccc(-c2ccc(F)cc2)nc1)N1CCC1.O=C([C@H]1C[C@@H]1c1ccc(-c2ccc(F)cc2)nc1)N1CCC1. The number of carbonyl (C=O) groups excluding carboxylic acids is 2. The molecule has 4 atom stereocenters. The maximum Gasteiger partial charge on any atom is 0.226 e. The van der Waals surface area contributed by atoms with Crippen LogP contribution in [-0.2, 0) is 9.59 Å². The van der Waals surface area contributed by atoms with Crippen LogP contribution in [0.15, 0.2) is 85.2 Å². The van der Waals surface area contributed by atoms with Gasteiger partial charge in [0, 0.05) is 61.5 Å². The number of carbonyl (C=O) groups is 2. The highest BCUT2D eigenvalue weighted by atomic mass is 19.1. The van der Waals surface area contributed by atoms with Crippen LogP contribution in [0.5, 0.6) is 0 Å². The molecule has 2 aliphatic heterocycles. The molecular weight excluding hydrogens is 558 g/mol. The van der Waals surface area contributed by atoms with Crippen molar-refractivity contribution < 1.29 is 18.4 Å². The predicted molar refractivity (Wildman–Crippen MR) is 163 cm³/mol. The van der Waals surface area contributed by atoms with Crippen molar-refractivity contribution in [3.05, 3.63) is 108 Å². The van der Waals surface area contributed by atoms with Gasteiger partial charge in [0.25, 0.3) is 0 Å². The van der Waals surface area contributed by atoms with Crippen LogP contribution in [0.25, 0.3) is 22.5 Å². The minimum Gasteiger partial charge on any atom is -0.342 e. The highest BCUT2D eigenvalue weighted by molar-refractivity contribution is 5.84. The molecule has 44 heavy (non-hydrogen) atoms. The van der Waals surface area contributed by atoms with Crippen LogP contribution in [0.3, 0.4) is 0 Å². The fraction of sp³-hybridized carbons (Fsp3) is 0.333. The highest BCUT2D eigenvalue weighted by Gasteiger charge is 2.47. The summed E-state index contributed by atoms with van der Waals surface area (Å²) < 4.78 is 25.9. The zero-order valence-electron chi connectivity index (χ0n) is 24.4. The van der Waals surface area contributed by atoms with Gasteiger partial charge in [0.05, 0.1) is 11.4 Å². The van der Waals surface area contributed by atoms with Crippen molar-refractivity contribution in [2.75, 3.05) is 26.2 Å². The molecule has 8 rings (SSSR count). The van der Waals surface area contributed by atoms with Crippen LogP contribution in [0, 0.1) is 23.5 Å². The van der Waals surface area contributed by atoms with Gasteiger partial charge in [-0.1, -0.05) is 12.1 Å². The Morgan fingerprint density at radius 2 is 0.955 bits per heavy atom. The lowest BCUT2D eigenvalue weighted by atomic mass is 10.1. The Morgan fingerprint density at radius 3 is 1.25 bits per heavy atom. The van der Waals surface area contributed by atoms with Gasteiger partial charge < -0.3 is 9.80 Å². The smallest absolute Gasteiger partial charge is 0.226 e. The Morgan fingerprint density at radius 1 is 0.568 bits per heavy atom. The predicted octanol–water partition coefficient (Wildman–Crippen LogP) is 6.45. The van der Waals surface area contributed by atoms with Gasteiger partial charge in [0.15, 0.2) is 0 Å². The molecule has 2 aromatic heterocycles. The molecule has 4 fully saturated rings. The van der Waals surface area contributed by atoms with E-state index in [-0.39, 0.29) is 23.5 Å². The van der Waals surface area contributed by atoms with E-state index in [2.05, 4.69) is 9.97 Å². The molecule has 0 N–H and O–H groups in total. The molecule has 2 aromatic carbocycles. The lowest BCUT2D eigenvalue weighted by molar-refractivity contribution is -0.136. The molecule has 0 bridgehead atoms. The number of pyridine rings is 2. The highest BCUT2D eigenvalue weighted by Crippen LogP contribution is 2.49. The van der Waals surface area contributed by atoms with Crippen molar-refractivity contribution in [1.29, 1.82) is 0 Å². The summed E-state index contributed by atoms with van der Waals surface area (Å²) in [6, 6.07) is 20.6. The van der Waals surface area contributed by atoms with Crippen LogP contribution in [0.4, 0.5) is 8.78 Å². The monoisotopic (exact) mass is 592 g/mol.